The molecule has 2 aromatic carbocycles. The zero-order valence-corrected chi connectivity index (χ0v) is 13.5. The van der Waals surface area contributed by atoms with Gasteiger partial charge in [0.1, 0.15) is 0 Å². The molecule has 0 aliphatic heterocycles. The number of hydrogen-bond donors (Lipinski definition) is 1. The Labute approximate surface area is 129 Å². The van der Waals surface area contributed by atoms with Crippen molar-refractivity contribution < 1.29 is 0 Å². The van der Waals surface area contributed by atoms with Gasteiger partial charge in [0.2, 0.25) is 0 Å². The van der Waals surface area contributed by atoms with Crippen LogP contribution in [0.1, 0.15) is 63.1 Å². The largest absolute Gasteiger partial charge is 0.324 e. The Balaban J connectivity index is 2.36. The van der Waals surface area contributed by atoms with Gasteiger partial charge >= 0.3 is 0 Å². The zero-order chi connectivity index (χ0) is 15.2. The molecule has 2 rings (SSSR count). The van der Waals surface area contributed by atoms with E-state index < -0.39 is 0 Å². The van der Waals surface area contributed by atoms with Crippen LogP contribution < -0.4 is 5.73 Å². The summed E-state index contributed by atoms with van der Waals surface area (Å²) in [6.07, 6.45) is 3.36. The van der Waals surface area contributed by atoms with Crippen molar-refractivity contribution in [1.82, 2.24) is 0 Å². The molecule has 0 radical (unpaired) electrons. The number of nitrogens with two attached hydrogens (primary N) is 1. The molecule has 0 aliphatic carbocycles. The predicted molar refractivity (Wildman–Crippen MR) is 92.4 cm³/mol. The van der Waals surface area contributed by atoms with Gasteiger partial charge in [0.15, 0.2) is 0 Å². The fourth-order valence-electron chi connectivity index (χ4n) is 2.92. The summed E-state index contributed by atoms with van der Waals surface area (Å²) in [7, 11) is 0. The second-order valence-corrected chi connectivity index (χ2v) is 5.78. The molecule has 112 valence electrons. The minimum atomic E-state index is 0.132. The van der Waals surface area contributed by atoms with Gasteiger partial charge in [-0.2, -0.15) is 0 Å². The van der Waals surface area contributed by atoms with E-state index in [4.69, 9.17) is 5.73 Å². The quantitative estimate of drug-likeness (QED) is 0.725. The van der Waals surface area contributed by atoms with Crippen LogP contribution in [-0.2, 0) is 0 Å². The Kier molecular flexibility index (Phi) is 5.58. The fourth-order valence-corrected chi connectivity index (χ4v) is 2.92. The van der Waals surface area contributed by atoms with E-state index in [1.54, 1.807) is 0 Å². The Morgan fingerprint density at radius 2 is 1.29 bits per heavy atom. The molecular weight excluding hydrogens is 254 g/mol. The zero-order valence-electron chi connectivity index (χ0n) is 13.5. The summed E-state index contributed by atoms with van der Waals surface area (Å²) in [6.45, 7) is 6.66. The third-order valence-electron chi connectivity index (χ3n) is 4.43. The molecule has 1 unspecified atom stereocenters. The molecule has 0 aliphatic rings. The van der Waals surface area contributed by atoms with Crippen LogP contribution in [-0.4, -0.2) is 0 Å². The molecule has 2 N–H and O–H groups in total. The van der Waals surface area contributed by atoms with E-state index in [1.807, 2.05) is 0 Å². The summed E-state index contributed by atoms with van der Waals surface area (Å²) in [5.74, 6) is 0.658. The Hall–Kier alpha value is -1.60. The van der Waals surface area contributed by atoms with Gasteiger partial charge in [-0.25, -0.2) is 0 Å². The van der Waals surface area contributed by atoms with Gasteiger partial charge in [-0.15, -0.1) is 0 Å². The molecule has 0 aromatic heterocycles. The summed E-state index contributed by atoms with van der Waals surface area (Å²) >= 11 is 0. The standard InChI is InChI=1S/C20H27N/c1-4-15(5-2)16-9-7-10-17(13-16)18-11-8-12-19(14-18)20(21)6-3/h7-15,20H,4-6,21H2,1-3H3. The minimum Gasteiger partial charge on any atom is -0.324 e. The van der Waals surface area contributed by atoms with Crippen molar-refractivity contribution in [2.24, 2.45) is 5.73 Å². The van der Waals surface area contributed by atoms with Crippen LogP contribution in [0.3, 0.4) is 0 Å². The van der Waals surface area contributed by atoms with E-state index >= 15 is 0 Å². The highest BCUT2D eigenvalue weighted by Crippen LogP contribution is 2.29. The van der Waals surface area contributed by atoms with Crippen LogP contribution in [0.25, 0.3) is 11.1 Å². The average molecular weight is 281 g/mol. The molecular formula is C20H27N. The van der Waals surface area contributed by atoms with Gasteiger partial charge in [-0.3, -0.25) is 0 Å². The first kappa shape index (κ1) is 15.8. The summed E-state index contributed by atoms with van der Waals surface area (Å²) < 4.78 is 0. The van der Waals surface area contributed by atoms with E-state index in [2.05, 4.69) is 69.3 Å². The Morgan fingerprint density at radius 1 is 0.762 bits per heavy atom. The predicted octanol–water partition coefficient (Wildman–Crippen LogP) is 5.67. The van der Waals surface area contributed by atoms with Crippen molar-refractivity contribution in [3.05, 3.63) is 59.7 Å². The van der Waals surface area contributed by atoms with E-state index in [9.17, 15) is 0 Å². The lowest BCUT2D eigenvalue weighted by Crippen LogP contribution is -2.08. The van der Waals surface area contributed by atoms with Crippen molar-refractivity contribution in [2.45, 2.75) is 52.0 Å². The number of rotatable bonds is 6. The van der Waals surface area contributed by atoms with Crippen LogP contribution in [0.5, 0.6) is 0 Å². The van der Waals surface area contributed by atoms with Crippen molar-refractivity contribution in [3.63, 3.8) is 0 Å². The second-order valence-electron chi connectivity index (χ2n) is 5.78. The highest BCUT2D eigenvalue weighted by molar-refractivity contribution is 5.65. The van der Waals surface area contributed by atoms with E-state index in [0.717, 1.165) is 6.42 Å². The van der Waals surface area contributed by atoms with Gasteiger partial charge in [-0.1, -0.05) is 63.2 Å². The first-order valence-electron chi connectivity index (χ1n) is 8.15. The first-order valence-corrected chi connectivity index (χ1v) is 8.15. The van der Waals surface area contributed by atoms with Crippen LogP contribution >= 0.6 is 0 Å². The van der Waals surface area contributed by atoms with Crippen molar-refractivity contribution in [3.8, 4) is 11.1 Å². The number of hydrogen-bond acceptors (Lipinski definition) is 1. The van der Waals surface area contributed by atoms with Crippen molar-refractivity contribution in [1.29, 1.82) is 0 Å². The molecule has 0 saturated heterocycles. The van der Waals surface area contributed by atoms with Crippen LogP contribution in [0.2, 0.25) is 0 Å². The maximum atomic E-state index is 6.16. The molecule has 21 heavy (non-hydrogen) atoms. The normalized spacial score (nSPS) is 12.6. The molecule has 0 heterocycles. The summed E-state index contributed by atoms with van der Waals surface area (Å²) in [5, 5.41) is 0. The van der Waals surface area contributed by atoms with Gasteiger partial charge in [0, 0.05) is 6.04 Å². The average Bonchev–Trinajstić information content (AvgIpc) is 2.55. The Bertz CT molecular complexity index is 570. The molecule has 0 fully saturated rings. The van der Waals surface area contributed by atoms with E-state index in [-0.39, 0.29) is 6.04 Å². The fraction of sp³-hybridized carbons (Fsp3) is 0.400. The van der Waals surface area contributed by atoms with Gasteiger partial charge < -0.3 is 5.73 Å². The second kappa shape index (κ2) is 7.42. The highest BCUT2D eigenvalue weighted by Gasteiger charge is 2.09. The van der Waals surface area contributed by atoms with Crippen molar-refractivity contribution in [2.75, 3.05) is 0 Å². The van der Waals surface area contributed by atoms with E-state index in [0.29, 0.717) is 5.92 Å². The first-order chi connectivity index (χ1) is 10.2. The van der Waals surface area contributed by atoms with Gasteiger partial charge in [0.05, 0.1) is 0 Å². The van der Waals surface area contributed by atoms with Gasteiger partial charge in [-0.05, 0) is 53.5 Å². The lowest BCUT2D eigenvalue weighted by Gasteiger charge is -2.15. The molecule has 1 atom stereocenters. The molecule has 0 saturated carbocycles. The van der Waals surface area contributed by atoms with E-state index in [1.165, 1.54) is 35.1 Å². The maximum Gasteiger partial charge on any atom is 0.0292 e. The molecule has 0 bridgehead atoms. The lowest BCUT2D eigenvalue weighted by molar-refractivity contribution is 0.642. The topological polar surface area (TPSA) is 26.0 Å². The van der Waals surface area contributed by atoms with Crippen LogP contribution in [0.4, 0.5) is 0 Å². The van der Waals surface area contributed by atoms with Crippen LogP contribution in [0, 0.1) is 0 Å². The smallest absolute Gasteiger partial charge is 0.0292 e. The van der Waals surface area contributed by atoms with Crippen LogP contribution in [0.15, 0.2) is 48.5 Å². The monoisotopic (exact) mass is 281 g/mol. The molecule has 0 spiro atoms. The summed E-state index contributed by atoms with van der Waals surface area (Å²) in [5.41, 5.74) is 11.4. The molecule has 2 aromatic rings. The summed E-state index contributed by atoms with van der Waals surface area (Å²) in [4.78, 5) is 0. The van der Waals surface area contributed by atoms with Gasteiger partial charge in [0.25, 0.3) is 0 Å². The number of benzene rings is 2. The third-order valence-corrected chi connectivity index (χ3v) is 4.43. The lowest BCUT2D eigenvalue weighted by atomic mass is 9.91. The Morgan fingerprint density at radius 3 is 1.81 bits per heavy atom. The van der Waals surface area contributed by atoms with Crippen molar-refractivity contribution >= 4 is 0 Å². The highest BCUT2D eigenvalue weighted by atomic mass is 14.6. The molecule has 1 heteroatoms. The molecule has 0 amide bonds. The minimum absolute atomic E-state index is 0.132. The maximum absolute atomic E-state index is 6.16. The third kappa shape index (κ3) is 3.74. The SMILES string of the molecule is CCC(N)c1cccc(-c2cccc(C(CC)CC)c2)c1. The summed E-state index contributed by atoms with van der Waals surface area (Å²) in [6, 6.07) is 17.8. The molecule has 1 nitrogen and oxygen atoms in total.